The molecule has 6 nitrogen and oxygen atoms in total. The molecule has 0 aliphatic carbocycles. The molecular weight excluding hydrogens is 324 g/mol. The summed E-state index contributed by atoms with van der Waals surface area (Å²) in [5, 5.41) is 13.4. The first kappa shape index (κ1) is 14.9. The predicted molar refractivity (Wildman–Crippen MR) is 87.7 cm³/mol. The second kappa shape index (κ2) is 5.76. The lowest BCUT2D eigenvalue weighted by atomic mass is 10.1. The molecule has 0 fully saturated rings. The van der Waals surface area contributed by atoms with E-state index in [2.05, 4.69) is 9.97 Å². The number of fused-ring (bicyclic) bond motifs is 1. The van der Waals surface area contributed by atoms with Crippen LogP contribution in [0.5, 0.6) is 5.88 Å². The Kier molecular flexibility index (Phi) is 3.57. The van der Waals surface area contributed by atoms with Crippen molar-refractivity contribution in [3.8, 4) is 17.0 Å². The van der Waals surface area contributed by atoms with Crippen molar-refractivity contribution in [2.75, 3.05) is 5.75 Å². The van der Waals surface area contributed by atoms with Gasteiger partial charge in [-0.2, -0.15) is 4.57 Å². The van der Waals surface area contributed by atoms with E-state index in [0.29, 0.717) is 16.5 Å². The lowest BCUT2D eigenvalue weighted by Gasteiger charge is -2.16. The molecule has 1 atom stereocenters. The smallest absolute Gasteiger partial charge is 0.345 e. The molecular formula is C17H14N4O2S. The van der Waals surface area contributed by atoms with Crippen molar-refractivity contribution in [3.63, 3.8) is 0 Å². The van der Waals surface area contributed by atoms with Gasteiger partial charge in [0.15, 0.2) is 0 Å². The third-order valence-corrected chi connectivity index (χ3v) is 5.37. The zero-order chi connectivity index (χ0) is 16.7. The Morgan fingerprint density at radius 1 is 1.25 bits per heavy atom. The summed E-state index contributed by atoms with van der Waals surface area (Å²) in [5.41, 5.74) is 1.44. The molecule has 0 saturated heterocycles. The van der Waals surface area contributed by atoms with Crippen LogP contribution < -0.4 is 15.2 Å². The molecule has 0 saturated carbocycles. The van der Waals surface area contributed by atoms with Gasteiger partial charge in [0, 0.05) is 18.0 Å². The average molecular weight is 338 g/mol. The zero-order valence-corrected chi connectivity index (χ0v) is 13.7. The van der Waals surface area contributed by atoms with Gasteiger partial charge in [-0.15, -0.1) is 0 Å². The van der Waals surface area contributed by atoms with Crippen LogP contribution in [0.15, 0.2) is 59.0 Å². The maximum absolute atomic E-state index is 13.1. The van der Waals surface area contributed by atoms with E-state index in [-0.39, 0.29) is 23.0 Å². The third kappa shape index (κ3) is 2.20. The Morgan fingerprint density at radius 3 is 2.67 bits per heavy atom. The first-order chi connectivity index (χ1) is 11.7. The summed E-state index contributed by atoms with van der Waals surface area (Å²) in [4.78, 5) is 21.2. The maximum Gasteiger partial charge on any atom is 0.345 e. The minimum Gasteiger partial charge on any atom is -0.842 e. The number of aromatic nitrogens is 4. The van der Waals surface area contributed by atoms with Crippen LogP contribution in [0.4, 0.5) is 0 Å². The maximum atomic E-state index is 13.1. The van der Waals surface area contributed by atoms with Gasteiger partial charge >= 0.3 is 10.7 Å². The quantitative estimate of drug-likeness (QED) is 0.513. The van der Waals surface area contributed by atoms with Gasteiger partial charge < -0.3 is 5.11 Å². The van der Waals surface area contributed by atoms with Crippen molar-refractivity contribution < 1.29 is 9.67 Å². The average Bonchev–Trinajstić information content (AvgIpc) is 3.07. The summed E-state index contributed by atoms with van der Waals surface area (Å²) >= 11 is 1.50. The minimum atomic E-state index is -0.269. The van der Waals surface area contributed by atoms with Gasteiger partial charge in [0.2, 0.25) is 0 Å². The molecule has 3 heterocycles. The monoisotopic (exact) mass is 338 g/mol. The van der Waals surface area contributed by atoms with Crippen LogP contribution in [0.2, 0.25) is 0 Å². The molecule has 7 heteroatoms. The second-order valence-electron chi connectivity index (χ2n) is 5.56. The number of hydrogen-bond acceptors (Lipinski definition) is 5. The predicted octanol–water partition coefficient (Wildman–Crippen LogP) is 0.898. The number of thioether (sulfide) groups is 1. The van der Waals surface area contributed by atoms with E-state index in [9.17, 15) is 9.90 Å². The molecule has 0 unspecified atom stereocenters. The minimum absolute atomic E-state index is 0.173. The number of nitrogens with zero attached hydrogens (tertiary/aromatic N) is 4. The van der Waals surface area contributed by atoms with Crippen molar-refractivity contribution in [3.05, 3.63) is 65.0 Å². The van der Waals surface area contributed by atoms with E-state index < -0.39 is 0 Å². The molecule has 3 aromatic rings. The lowest BCUT2D eigenvalue weighted by Crippen LogP contribution is -2.43. The molecule has 4 rings (SSSR count). The highest BCUT2D eigenvalue weighted by Crippen LogP contribution is 2.35. The van der Waals surface area contributed by atoms with E-state index in [0.717, 1.165) is 5.56 Å². The molecule has 0 radical (unpaired) electrons. The number of hydrogen-bond donors (Lipinski definition) is 0. The van der Waals surface area contributed by atoms with E-state index in [4.69, 9.17) is 0 Å². The van der Waals surface area contributed by atoms with Crippen LogP contribution in [-0.2, 0) is 7.05 Å². The molecule has 0 spiro atoms. The van der Waals surface area contributed by atoms with Crippen LogP contribution in [-0.4, -0.2) is 20.3 Å². The Labute approximate surface area is 142 Å². The normalized spacial score (nSPS) is 16.1. The summed E-state index contributed by atoms with van der Waals surface area (Å²) in [6, 6.07) is 8.90. The third-order valence-electron chi connectivity index (χ3n) is 4.15. The Morgan fingerprint density at radius 2 is 1.96 bits per heavy atom. The molecule has 1 aliphatic rings. The van der Waals surface area contributed by atoms with Crippen molar-refractivity contribution in [1.29, 1.82) is 0 Å². The van der Waals surface area contributed by atoms with E-state index in [1.54, 1.807) is 40.7 Å². The van der Waals surface area contributed by atoms with Gasteiger partial charge in [0.25, 0.3) is 0 Å². The van der Waals surface area contributed by atoms with Crippen molar-refractivity contribution >= 4 is 11.8 Å². The summed E-state index contributed by atoms with van der Waals surface area (Å²) in [6.45, 7) is 0. The molecule has 0 bridgehead atoms. The van der Waals surface area contributed by atoms with Crippen molar-refractivity contribution in [2.45, 2.75) is 11.2 Å². The van der Waals surface area contributed by atoms with Gasteiger partial charge in [0.05, 0.1) is 18.7 Å². The first-order valence-corrected chi connectivity index (χ1v) is 8.45. The van der Waals surface area contributed by atoms with Crippen LogP contribution >= 0.6 is 11.8 Å². The first-order valence-electron chi connectivity index (χ1n) is 7.47. The molecule has 0 N–H and O–H groups in total. The highest BCUT2D eigenvalue weighted by atomic mass is 32.2. The summed E-state index contributed by atoms with van der Waals surface area (Å²) in [5.74, 6) is 0.406. The summed E-state index contributed by atoms with van der Waals surface area (Å²) < 4.78 is 3.24. The molecule has 0 amide bonds. The Bertz CT molecular complexity index is 958. The van der Waals surface area contributed by atoms with E-state index >= 15 is 0 Å². The van der Waals surface area contributed by atoms with Crippen LogP contribution in [0.3, 0.4) is 0 Å². The van der Waals surface area contributed by atoms with Gasteiger partial charge in [0.1, 0.15) is 17.9 Å². The number of benzene rings is 1. The highest BCUT2D eigenvalue weighted by Gasteiger charge is 2.37. The fourth-order valence-corrected chi connectivity index (χ4v) is 4.24. The largest absolute Gasteiger partial charge is 0.842 e. The fraction of sp³-hybridized carbons (Fsp3) is 0.176. The van der Waals surface area contributed by atoms with Gasteiger partial charge in [-0.05, 0) is 17.3 Å². The lowest BCUT2D eigenvalue weighted by molar-refractivity contribution is -0.751. The molecule has 1 aromatic carbocycles. The van der Waals surface area contributed by atoms with Gasteiger partial charge in [-0.3, -0.25) is 0 Å². The van der Waals surface area contributed by atoms with Crippen LogP contribution in [0.1, 0.15) is 11.6 Å². The zero-order valence-electron chi connectivity index (χ0n) is 12.9. The SMILES string of the molecule is C[n+]1c([O-])c(-c2ccccc2)c(=O)n2c1SC[C@@H]2c1cncnc1. The second-order valence-corrected chi connectivity index (χ2v) is 6.55. The molecule has 2 aromatic heterocycles. The van der Waals surface area contributed by atoms with Crippen LogP contribution in [0, 0.1) is 0 Å². The van der Waals surface area contributed by atoms with Gasteiger partial charge in [-0.25, -0.2) is 19.3 Å². The van der Waals surface area contributed by atoms with Gasteiger partial charge in [-0.1, -0.05) is 30.3 Å². The fourth-order valence-electron chi connectivity index (χ4n) is 2.96. The highest BCUT2D eigenvalue weighted by molar-refractivity contribution is 7.99. The standard InChI is InChI=1S/C17H14N4O2S/c1-20-15(22)14(11-5-3-2-4-6-11)16(23)21-13(9-24-17(20)21)12-7-18-10-19-8-12/h2-8,10,13H,9H2,1H3/t13-/m1/s1. The van der Waals surface area contributed by atoms with E-state index in [1.807, 2.05) is 18.2 Å². The van der Waals surface area contributed by atoms with Crippen molar-refractivity contribution in [1.82, 2.24) is 14.5 Å². The molecule has 120 valence electrons. The topological polar surface area (TPSA) is 74.7 Å². The van der Waals surface area contributed by atoms with Crippen molar-refractivity contribution in [2.24, 2.45) is 7.05 Å². The Hall–Kier alpha value is -2.67. The number of rotatable bonds is 2. The summed E-state index contributed by atoms with van der Waals surface area (Å²) in [6.07, 6.45) is 4.89. The molecule has 24 heavy (non-hydrogen) atoms. The summed E-state index contributed by atoms with van der Waals surface area (Å²) in [7, 11) is 1.71. The Balaban J connectivity index is 1.98. The van der Waals surface area contributed by atoms with Crippen LogP contribution in [0.25, 0.3) is 11.1 Å². The van der Waals surface area contributed by atoms with E-state index in [1.165, 1.54) is 18.1 Å². The molecule has 1 aliphatic heterocycles.